The standard InChI is InChI=1S/C22H21N5O5S/c1-14-17(6-4-8-19(14)26(29)30)24-22(28)25-11-9-15(10-12-25)21-23-18(13-33-21)16-5-2-3-7-20(16)27(31)32/h2-8,13,15H,9-12H2,1H3,(H,24,28). The molecule has 0 aliphatic carbocycles. The molecular formula is C22H21N5O5S. The van der Waals surface area contributed by atoms with Crippen molar-refractivity contribution in [3.8, 4) is 11.3 Å². The quantitative estimate of drug-likeness (QED) is 0.398. The number of aromatic nitrogens is 1. The molecule has 2 aromatic carbocycles. The van der Waals surface area contributed by atoms with E-state index in [1.807, 2.05) is 5.38 Å². The fraction of sp³-hybridized carbons (Fsp3) is 0.273. The van der Waals surface area contributed by atoms with Crippen LogP contribution in [0, 0.1) is 27.2 Å². The summed E-state index contributed by atoms with van der Waals surface area (Å²) in [6, 6.07) is 10.8. The molecule has 4 rings (SSSR count). The van der Waals surface area contributed by atoms with Gasteiger partial charge in [-0.3, -0.25) is 20.2 Å². The first-order chi connectivity index (χ1) is 15.8. The zero-order chi connectivity index (χ0) is 23.5. The van der Waals surface area contributed by atoms with Gasteiger partial charge < -0.3 is 10.2 Å². The van der Waals surface area contributed by atoms with E-state index in [2.05, 4.69) is 10.3 Å². The van der Waals surface area contributed by atoms with E-state index in [4.69, 9.17) is 0 Å². The van der Waals surface area contributed by atoms with Crippen molar-refractivity contribution < 1.29 is 14.6 Å². The van der Waals surface area contributed by atoms with Gasteiger partial charge in [0.15, 0.2) is 0 Å². The maximum Gasteiger partial charge on any atom is 0.321 e. The Morgan fingerprint density at radius 1 is 1.06 bits per heavy atom. The zero-order valence-corrected chi connectivity index (χ0v) is 18.6. The topological polar surface area (TPSA) is 132 Å². The van der Waals surface area contributed by atoms with Crippen molar-refractivity contribution in [3.05, 3.63) is 78.6 Å². The van der Waals surface area contributed by atoms with Gasteiger partial charge in [-0.05, 0) is 31.9 Å². The lowest BCUT2D eigenvalue weighted by Crippen LogP contribution is -2.40. The number of rotatable bonds is 5. The Hall–Kier alpha value is -3.86. The van der Waals surface area contributed by atoms with E-state index in [1.165, 1.54) is 23.5 Å². The highest BCUT2D eigenvalue weighted by Crippen LogP contribution is 2.36. The first-order valence-electron chi connectivity index (χ1n) is 10.3. The van der Waals surface area contributed by atoms with Gasteiger partial charge in [0, 0.05) is 36.5 Å². The first-order valence-corrected chi connectivity index (χ1v) is 11.2. The summed E-state index contributed by atoms with van der Waals surface area (Å²) < 4.78 is 0. The average molecular weight is 468 g/mol. The number of urea groups is 1. The van der Waals surface area contributed by atoms with Crippen LogP contribution in [0.4, 0.5) is 21.9 Å². The zero-order valence-electron chi connectivity index (χ0n) is 17.8. The number of thiazole rings is 1. The molecule has 0 saturated carbocycles. The van der Waals surface area contributed by atoms with E-state index in [1.54, 1.807) is 42.2 Å². The van der Waals surface area contributed by atoms with Gasteiger partial charge in [0.05, 0.1) is 37.4 Å². The van der Waals surface area contributed by atoms with Gasteiger partial charge in [-0.1, -0.05) is 18.2 Å². The second kappa shape index (κ2) is 9.33. The Balaban J connectivity index is 1.40. The third-order valence-electron chi connectivity index (χ3n) is 5.77. The Labute approximate surface area is 193 Å². The average Bonchev–Trinajstić information content (AvgIpc) is 3.30. The van der Waals surface area contributed by atoms with Crippen LogP contribution in [0.3, 0.4) is 0 Å². The second-order valence-corrected chi connectivity index (χ2v) is 8.63. The van der Waals surface area contributed by atoms with E-state index in [0.29, 0.717) is 48.4 Å². The van der Waals surface area contributed by atoms with Crippen molar-refractivity contribution in [2.45, 2.75) is 25.7 Å². The minimum absolute atomic E-state index is 0.0253. The fourth-order valence-corrected chi connectivity index (χ4v) is 4.92. The lowest BCUT2D eigenvalue weighted by atomic mass is 9.97. The molecule has 1 saturated heterocycles. The summed E-state index contributed by atoms with van der Waals surface area (Å²) in [5.41, 5.74) is 1.90. The Morgan fingerprint density at radius 3 is 2.42 bits per heavy atom. The van der Waals surface area contributed by atoms with E-state index in [9.17, 15) is 25.0 Å². The molecule has 1 aliphatic heterocycles. The van der Waals surface area contributed by atoms with Gasteiger partial charge in [0.1, 0.15) is 0 Å². The monoisotopic (exact) mass is 467 g/mol. The van der Waals surface area contributed by atoms with Crippen LogP contribution in [0.1, 0.15) is 29.3 Å². The molecular weight excluding hydrogens is 446 g/mol. The normalized spacial score (nSPS) is 14.2. The number of nitro benzene ring substituents is 2. The molecule has 0 unspecified atom stereocenters. The number of nitrogens with one attached hydrogen (secondary N) is 1. The number of anilines is 1. The van der Waals surface area contributed by atoms with Crippen molar-refractivity contribution in [2.75, 3.05) is 18.4 Å². The SMILES string of the molecule is Cc1c(NC(=O)N2CCC(c3nc(-c4ccccc4[N+](=O)[O-])cs3)CC2)cccc1[N+](=O)[O-]. The maximum atomic E-state index is 12.7. The molecule has 1 aliphatic rings. The smallest absolute Gasteiger partial charge is 0.321 e. The van der Waals surface area contributed by atoms with Gasteiger partial charge in [-0.25, -0.2) is 9.78 Å². The summed E-state index contributed by atoms with van der Waals surface area (Å²) >= 11 is 1.47. The number of nitro groups is 2. The summed E-state index contributed by atoms with van der Waals surface area (Å²) in [4.78, 5) is 40.6. The number of carbonyl (C=O) groups excluding carboxylic acids is 1. The summed E-state index contributed by atoms with van der Waals surface area (Å²) in [6.07, 6.45) is 1.43. The van der Waals surface area contributed by atoms with Gasteiger partial charge in [0.25, 0.3) is 11.4 Å². The molecule has 3 aromatic rings. The van der Waals surface area contributed by atoms with Gasteiger partial charge in [0.2, 0.25) is 0 Å². The fourth-order valence-electron chi connectivity index (χ4n) is 3.93. The molecule has 10 nitrogen and oxygen atoms in total. The minimum atomic E-state index is -0.469. The summed E-state index contributed by atoms with van der Waals surface area (Å²) in [7, 11) is 0. The van der Waals surface area contributed by atoms with Crippen LogP contribution in [0.2, 0.25) is 0 Å². The highest BCUT2D eigenvalue weighted by atomic mass is 32.1. The number of likely N-dealkylation sites (tertiary alicyclic amines) is 1. The third-order valence-corrected chi connectivity index (χ3v) is 6.78. The van der Waals surface area contributed by atoms with Gasteiger partial charge >= 0.3 is 6.03 Å². The Bertz CT molecular complexity index is 1220. The number of benzene rings is 2. The lowest BCUT2D eigenvalue weighted by Gasteiger charge is -2.31. The minimum Gasteiger partial charge on any atom is -0.324 e. The van der Waals surface area contributed by atoms with E-state index in [0.717, 1.165) is 5.01 Å². The van der Waals surface area contributed by atoms with E-state index >= 15 is 0 Å². The van der Waals surface area contributed by atoms with E-state index < -0.39 is 9.85 Å². The molecule has 170 valence electrons. The Morgan fingerprint density at radius 2 is 1.73 bits per heavy atom. The number of carbonyl (C=O) groups is 1. The molecule has 2 heterocycles. The lowest BCUT2D eigenvalue weighted by molar-refractivity contribution is -0.385. The maximum absolute atomic E-state index is 12.7. The Kier molecular flexibility index (Phi) is 6.31. The number of amides is 2. The largest absolute Gasteiger partial charge is 0.324 e. The number of hydrogen-bond donors (Lipinski definition) is 1. The first kappa shape index (κ1) is 22.3. The highest BCUT2D eigenvalue weighted by molar-refractivity contribution is 7.10. The second-order valence-electron chi connectivity index (χ2n) is 7.74. The van der Waals surface area contributed by atoms with Crippen molar-refractivity contribution in [1.82, 2.24) is 9.88 Å². The van der Waals surface area contributed by atoms with Crippen LogP contribution in [0.15, 0.2) is 47.8 Å². The summed E-state index contributed by atoms with van der Waals surface area (Å²) in [5, 5.41) is 27.9. The molecule has 33 heavy (non-hydrogen) atoms. The highest BCUT2D eigenvalue weighted by Gasteiger charge is 2.27. The molecule has 11 heteroatoms. The molecule has 2 amide bonds. The van der Waals surface area contributed by atoms with Crippen molar-refractivity contribution in [3.63, 3.8) is 0 Å². The molecule has 1 aromatic heterocycles. The van der Waals surface area contributed by atoms with Crippen molar-refractivity contribution in [1.29, 1.82) is 0 Å². The van der Waals surface area contributed by atoms with Crippen molar-refractivity contribution >= 4 is 34.4 Å². The van der Waals surface area contributed by atoms with Crippen LogP contribution in [-0.4, -0.2) is 38.9 Å². The number of nitrogens with zero attached hydrogens (tertiary/aromatic N) is 4. The molecule has 1 fully saturated rings. The number of hydrogen-bond acceptors (Lipinski definition) is 7. The van der Waals surface area contributed by atoms with Crippen LogP contribution in [-0.2, 0) is 0 Å². The number of para-hydroxylation sites is 1. The summed E-state index contributed by atoms with van der Waals surface area (Å²) in [5.74, 6) is 0.162. The third kappa shape index (κ3) is 4.67. The molecule has 0 bridgehead atoms. The molecule has 0 radical (unpaired) electrons. The van der Waals surface area contributed by atoms with Gasteiger partial charge in [-0.2, -0.15) is 0 Å². The van der Waals surface area contributed by atoms with Crippen LogP contribution < -0.4 is 5.32 Å². The van der Waals surface area contributed by atoms with Crippen LogP contribution >= 0.6 is 11.3 Å². The summed E-state index contributed by atoms with van der Waals surface area (Å²) in [6.45, 7) is 2.65. The molecule has 1 N–H and O–H groups in total. The van der Waals surface area contributed by atoms with Crippen LogP contribution in [0.5, 0.6) is 0 Å². The molecule has 0 atom stereocenters. The van der Waals surface area contributed by atoms with Crippen LogP contribution in [0.25, 0.3) is 11.3 Å². The van der Waals surface area contributed by atoms with Crippen molar-refractivity contribution in [2.24, 2.45) is 0 Å². The predicted octanol–water partition coefficient (Wildman–Crippen LogP) is 5.35. The predicted molar refractivity (Wildman–Crippen MR) is 125 cm³/mol. The molecule has 0 spiro atoms. The van der Waals surface area contributed by atoms with Gasteiger partial charge in [-0.15, -0.1) is 11.3 Å². The van der Waals surface area contributed by atoms with E-state index in [-0.39, 0.29) is 23.3 Å². The number of piperidine rings is 1.